The lowest BCUT2D eigenvalue weighted by Crippen LogP contribution is -2.28. The molecule has 148 valence electrons. The molecular weight excluding hydrogens is 390 g/mol. The molecule has 1 N–H and O–H groups in total. The third-order valence-electron chi connectivity index (χ3n) is 5.78. The van der Waals surface area contributed by atoms with E-state index >= 15 is 0 Å². The third kappa shape index (κ3) is 3.52. The molecule has 0 radical (unpaired) electrons. The van der Waals surface area contributed by atoms with Crippen molar-refractivity contribution >= 4 is 22.8 Å². The van der Waals surface area contributed by atoms with E-state index in [4.69, 9.17) is 16.3 Å². The zero-order chi connectivity index (χ0) is 21.2. The highest BCUT2D eigenvalue weighted by molar-refractivity contribution is 6.66. The van der Waals surface area contributed by atoms with Crippen LogP contribution in [0.15, 0.2) is 66.7 Å². The first-order valence-corrected chi connectivity index (χ1v) is 9.46. The zero-order valence-corrected chi connectivity index (χ0v) is 16.8. The molecular formula is C23H20ClNO4. The number of nitriles is 1. The van der Waals surface area contributed by atoms with Crippen LogP contribution in [0.2, 0.25) is 0 Å². The fourth-order valence-electron chi connectivity index (χ4n) is 4.31. The summed E-state index contributed by atoms with van der Waals surface area (Å²) >= 11 is 5.39. The maximum Gasteiger partial charge on any atom is 0.312 e. The number of hydrogen-bond acceptors (Lipinski definition) is 4. The minimum atomic E-state index is -1.38. The van der Waals surface area contributed by atoms with E-state index in [2.05, 4.69) is 6.07 Å². The standard InChI is InChI=1S/C23H20ClNO4/c1-22(2)19(11-12-20(24)26)23(22,21(27)28)18(14-25)15-7-6-10-17(13-15)29-16-8-4-3-5-9-16/h3-13,18-19H,1-2H3,(H,27,28)/t18?,19-,23+/m0/s1. The Morgan fingerprint density at radius 2 is 1.83 bits per heavy atom. The van der Waals surface area contributed by atoms with Gasteiger partial charge >= 0.3 is 5.97 Å². The molecule has 1 fully saturated rings. The van der Waals surface area contributed by atoms with Crippen molar-refractivity contribution in [1.82, 2.24) is 0 Å². The van der Waals surface area contributed by atoms with Crippen LogP contribution in [0.3, 0.4) is 0 Å². The van der Waals surface area contributed by atoms with E-state index in [1.54, 1.807) is 50.2 Å². The Hall–Kier alpha value is -3.10. The maximum absolute atomic E-state index is 12.4. The Kier molecular flexibility index (Phi) is 5.50. The van der Waals surface area contributed by atoms with Crippen molar-refractivity contribution in [2.24, 2.45) is 16.7 Å². The van der Waals surface area contributed by atoms with Gasteiger partial charge in [-0.25, -0.2) is 0 Å². The van der Waals surface area contributed by atoms with Gasteiger partial charge in [0.1, 0.15) is 16.9 Å². The van der Waals surface area contributed by atoms with E-state index in [-0.39, 0.29) is 0 Å². The van der Waals surface area contributed by atoms with Crippen molar-refractivity contribution < 1.29 is 19.4 Å². The summed E-state index contributed by atoms with van der Waals surface area (Å²) < 4.78 is 5.83. The van der Waals surface area contributed by atoms with Crippen molar-refractivity contribution in [2.45, 2.75) is 19.8 Å². The number of benzene rings is 2. The number of carbonyl (C=O) groups is 2. The minimum Gasteiger partial charge on any atom is -0.481 e. The number of carboxylic acid groups (broad SMARTS) is 1. The van der Waals surface area contributed by atoms with E-state index in [0.717, 1.165) is 6.08 Å². The van der Waals surface area contributed by atoms with E-state index in [1.807, 2.05) is 18.2 Å². The van der Waals surface area contributed by atoms with E-state index in [0.29, 0.717) is 17.1 Å². The molecule has 1 aliphatic rings. The highest BCUT2D eigenvalue weighted by Gasteiger charge is 2.78. The van der Waals surface area contributed by atoms with Crippen molar-refractivity contribution in [1.29, 1.82) is 5.26 Å². The van der Waals surface area contributed by atoms with Gasteiger partial charge in [-0.15, -0.1) is 0 Å². The Morgan fingerprint density at radius 1 is 1.17 bits per heavy atom. The van der Waals surface area contributed by atoms with Gasteiger partial charge in [0.2, 0.25) is 5.24 Å². The van der Waals surface area contributed by atoms with Gasteiger partial charge in [0, 0.05) is 5.92 Å². The first-order chi connectivity index (χ1) is 13.7. The van der Waals surface area contributed by atoms with Gasteiger partial charge in [-0.1, -0.05) is 50.3 Å². The third-order valence-corrected chi connectivity index (χ3v) is 5.91. The Balaban J connectivity index is 2.00. The highest BCUT2D eigenvalue weighted by Crippen LogP contribution is 2.75. The predicted octanol–water partition coefficient (Wildman–Crippen LogP) is 5.13. The van der Waals surface area contributed by atoms with Gasteiger partial charge in [-0.3, -0.25) is 9.59 Å². The Morgan fingerprint density at radius 3 is 2.41 bits per heavy atom. The summed E-state index contributed by atoms with van der Waals surface area (Å²) in [4.78, 5) is 23.5. The van der Waals surface area contributed by atoms with Crippen molar-refractivity contribution in [3.63, 3.8) is 0 Å². The van der Waals surface area contributed by atoms with Crippen LogP contribution in [0, 0.1) is 28.1 Å². The van der Waals surface area contributed by atoms with E-state index < -0.39 is 33.9 Å². The molecule has 3 rings (SSSR count). The van der Waals surface area contributed by atoms with Crippen molar-refractivity contribution in [3.05, 3.63) is 72.3 Å². The molecule has 3 atom stereocenters. The second-order valence-corrected chi connectivity index (χ2v) is 7.96. The number of allylic oxidation sites excluding steroid dienone is 2. The molecule has 1 saturated carbocycles. The van der Waals surface area contributed by atoms with Crippen LogP contribution in [0.25, 0.3) is 0 Å². The number of rotatable bonds is 7. The number of carbonyl (C=O) groups excluding carboxylic acids is 1. The number of aliphatic carboxylic acids is 1. The van der Waals surface area contributed by atoms with Crippen LogP contribution < -0.4 is 4.74 Å². The fourth-order valence-corrected chi connectivity index (χ4v) is 4.38. The molecule has 0 saturated heterocycles. The van der Waals surface area contributed by atoms with Crippen LogP contribution in [0.5, 0.6) is 11.5 Å². The lowest BCUT2D eigenvalue weighted by atomic mass is 9.78. The van der Waals surface area contributed by atoms with Gasteiger partial charge < -0.3 is 9.84 Å². The lowest BCUT2D eigenvalue weighted by molar-refractivity contribution is -0.145. The zero-order valence-electron chi connectivity index (χ0n) is 16.0. The van der Waals surface area contributed by atoms with Crippen LogP contribution >= 0.6 is 11.6 Å². The Bertz CT molecular complexity index is 1010. The molecule has 0 bridgehead atoms. The van der Waals surface area contributed by atoms with Gasteiger partial charge in [-0.05, 0) is 52.9 Å². The minimum absolute atomic E-state index is 0.510. The SMILES string of the molecule is CC1(C)[C@H](C=CC(=O)Cl)[C@@]1(C(=O)O)C(C#N)c1cccc(Oc2ccccc2)c1. The van der Waals surface area contributed by atoms with Crippen LogP contribution in [0.1, 0.15) is 25.3 Å². The quantitative estimate of drug-likeness (QED) is 0.505. The van der Waals surface area contributed by atoms with E-state index in [1.165, 1.54) is 6.08 Å². The molecule has 2 aromatic carbocycles. The molecule has 2 aromatic rings. The van der Waals surface area contributed by atoms with Gasteiger partial charge in [0.05, 0.1) is 12.0 Å². The second kappa shape index (κ2) is 7.73. The first-order valence-electron chi connectivity index (χ1n) is 9.08. The molecule has 5 nitrogen and oxygen atoms in total. The summed E-state index contributed by atoms with van der Waals surface area (Å²) in [6.07, 6.45) is 2.65. The highest BCUT2D eigenvalue weighted by atomic mass is 35.5. The lowest BCUT2D eigenvalue weighted by Gasteiger charge is -2.22. The van der Waals surface area contributed by atoms with Crippen LogP contribution in [-0.2, 0) is 9.59 Å². The molecule has 0 spiro atoms. The normalized spacial score (nSPS) is 23.2. The summed E-state index contributed by atoms with van der Waals surface area (Å²) in [5, 5.41) is 19.4. The number of nitrogens with zero attached hydrogens (tertiary/aromatic N) is 1. The number of carboxylic acids is 1. The monoisotopic (exact) mass is 409 g/mol. The van der Waals surface area contributed by atoms with Gasteiger partial charge in [-0.2, -0.15) is 5.26 Å². The topological polar surface area (TPSA) is 87.4 Å². The van der Waals surface area contributed by atoms with Gasteiger partial charge in [0.15, 0.2) is 0 Å². The number of para-hydroxylation sites is 1. The molecule has 0 aliphatic heterocycles. The summed E-state index contributed by atoms with van der Waals surface area (Å²) in [6.45, 7) is 3.56. The molecule has 0 amide bonds. The van der Waals surface area contributed by atoms with Crippen molar-refractivity contribution in [2.75, 3.05) is 0 Å². The number of ether oxygens (including phenoxy) is 1. The summed E-state index contributed by atoms with van der Waals surface area (Å²) in [7, 11) is 0. The molecule has 6 heteroatoms. The van der Waals surface area contributed by atoms with Crippen molar-refractivity contribution in [3.8, 4) is 17.6 Å². The first kappa shape index (κ1) is 20.6. The molecule has 1 unspecified atom stereocenters. The van der Waals surface area contributed by atoms with Crippen LogP contribution in [0.4, 0.5) is 0 Å². The van der Waals surface area contributed by atoms with Crippen LogP contribution in [-0.4, -0.2) is 16.3 Å². The summed E-state index contributed by atoms with van der Waals surface area (Å²) in [5.74, 6) is -1.39. The average Bonchev–Trinajstić information content (AvgIpc) is 3.17. The maximum atomic E-state index is 12.4. The molecule has 0 heterocycles. The second-order valence-electron chi connectivity index (χ2n) is 7.59. The molecule has 1 aliphatic carbocycles. The Labute approximate surface area is 174 Å². The fraction of sp³-hybridized carbons (Fsp3) is 0.261. The summed E-state index contributed by atoms with van der Waals surface area (Å²) in [6, 6.07) is 18.2. The smallest absolute Gasteiger partial charge is 0.312 e. The number of halogens is 1. The van der Waals surface area contributed by atoms with Gasteiger partial charge in [0.25, 0.3) is 0 Å². The largest absolute Gasteiger partial charge is 0.481 e. The average molecular weight is 410 g/mol. The summed E-state index contributed by atoms with van der Waals surface area (Å²) in [5.41, 5.74) is -1.57. The number of hydrogen-bond donors (Lipinski definition) is 1. The molecule has 29 heavy (non-hydrogen) atoms. The molecule has 0 aromatic heterocycles. The van der Waals surface area contributed by atoms with E-state index in [9.17, 15) is 20.0 Å². The predicted molar refractivity (Wildman–Crippen MR) is 109 cm³/mol.